The summed E-state index contributed by atoms with van der Waals surface area (Å²) in [5.74, 6) is 0.737. The van der Waals surface area contributed by atoms with Gasteiger partial charge in [0.2, 0.25) is 0 Å². The Balaban J connectivity index is 1.84. The summed E-state index contributed by atoms with van der Waals surface area (Å²) in [4.78, 5) is 15.4. The molecular formula is C18H14ClNO2. The average molecular weight is 312 g/mol. The number of aromatic nitrogens is 1. The molecular weight excluding hydrogens is 298 g/mol. The number of fused-ring (bicyclic) bond motifs is 1. The fourth-order valence-corrected chi connectivity index (χ4v) is 2.45. The zero-order valence-electron chi connectivity index (χ0n) is 12.0. The smallest absolute Gasteiger partial charge is 0.187 e. The van der Waals surface area contributed by atoms with E-state index in [2.05, 4.69) is 4.98 Å². The highest BCUT2D eigenvalue weighted by molar-refractivity contribution is 6.31. The number of carbonyl (C=O) groups is 1. The van der Waals surface area contributed by atoms with E-state index in [4.69, 9.17) is 16.3 Å². The van der Waals surface area contributed by atoms with Crippen LogP contribution in [0.25, 0.3) is 17.0 Å². The van der Waals surface area contributed by atoms with Crippen LogP contribution in [0.4, 0.5) is 0 Å². The van der Waals surface area contributed by atoms with Crippen LogP contribution in [-0.2, 0) is 0 Å². The van der Waals surface area contributed by atoms with Crippen molar-refractivity contribution in [1.82, 2.24) is 4.98 Å². The van der Waals surface area contributed by atoms with E-state index in [9.17, 15) is 4.79 Å². The number of ether oxygens (including phenoxy) is 1. The quantitative estimate of drug-likeness (QED) is 0.559. The second kappa shape index (κ2) is 6.08. The van der Waals surface area contributed by atoms with Crippen LogP contribution in [0.3, 0.4) is 0 Å². The number of H-pyrrole nitrogens is 1. The van der Waals surface area contributed by atoms with Gasteiger partial charge in [-0.05, 0) is 35.9 Å². The molecule has 0 fully saturated rings. The summed E-state index contributed by atoms with van der Waals surface area (Å²) in [5.41, 5.74) is 2.43. The normalized spacial score (nSPS) is 11.2. The van der Waals surface area contributed by atoms with Crippen LogP contribution in [0.5, 0.6) is 5.75 Å². The number of hydrogen-bond donors (Lipinski definition) is 1. The van der Waals surface area contributed by atoms with Gasteiger partial charge in [0, 0.05) is 27.7 Å². The van der Waals surface area contributed by atoms with Gasteiger partial charge in [-0.3, -0.25) is 4.79 Å². The molecule has 0 saturated carbocycles. The Labute approximate surface area is 133 Å². The van der Waals surface area contributed by atoms with Crippen LogP contribution < -0.4 is 4.74 Å². The number of methoxy groups -OCH3 is 1. The second-order valence-electron chi connectivity index (χ2n) is 4.86. The predicted molar refractivity (Wildman–Crippen MR) is 89.7 cm³/mol. The molecule has 4 heteroatoms. The standard InChI is InChI=1S/C18H14ClNO2/c1-22-14-6-2-12(3-7-14)4-9-18(21)16-11-20-17-10-13(19)5-8-15(16)17/h2-11,20H,1H3/b9-4+. The van der Waals surface area contributed by atoms with Gasteiger partial charge in [-0.25, -0.2) is 0 Å². The first-order chi connectivity index (χ1) is 10.7. The lowest BCUT2D eigenvalue weighted by atomic mass is 10.1. The summed E-state index contributed by atoms with van der Waals surface area (Å²) in [7, 11) is 1.62. The van der Waals surface area contributed by atoms with Gasteiger partial charge in [0.1, 0.15) is 5.75 Å². The molecule has 0 saturated heterocycles. The molecule has 3 nitrogen and oxygen atoms in total. The van der Waals surface area contributed by atoms with Crippen molar-refractivity contribution in [3.05, 3.63) is 70.9 Å². The molecule has 0 aliphatic rings. The molecule has 3 rings (SSSR count). The zero-order chi connectivity index (χ0) is 15.5. The van der Waals surface area contributed by atoms with Crippen LogP contribution in [0, 0.1) is 0 Å². The van der Waals surface area contributed by atoms with E-state index in [1.165, 1.54) is 0 Å². The number of allylic oxidation sites excluding steroid dienone is 1. The number of rotatable bonds is 4. The number of hydrogen-bond acceptors (Lipinski definition) is 2. The van der Waals surface area contributed by atoms with Crippen molar-refractivity contribution < 1.29 is 9.53 Å². The van der Waals surface area contributed by atoms with Crippen molar-refractivity contribution in [2.45, 2.75) is 0 Å². The zero-order valence-corrected chi connectivity index (χ0v) is 12.7. The van der Waals surface area contributed by atoms with Crippen molar-refractivity contribution in [3.8, 4) is 5.75 Å². The van der Waals surface area contributed by atoms with Crippen molar-refractivity contribution in [2.75, 3.05) is 7.11 Å². The van der Waals surface area contributed by atoms with Gasteiger partial charge < -0.3 is 9.72 Å². The minimum absolute atomic E-state index is 0.0515. The monoisotopic (exact) mass is 311 g/mol. The first-order valence-corrected chi connectivity index (χ1v) is 7.18. The maximum atomic E-state index is 12.3. The Bertz CT molecular complexity index is 847. The van der Waals surface area contributed by atoms with E-state index in [0.29, 0.717) is 10.6 Å². The van der Waals surface area contributed by atoms with Crippen molar-refractivity contribution in [2.24, 2.45) is 0 Å². The van der Waals surface area contributed by atoms with Crippen molar-refractivity contribution in [3.63, 3.8) is 0 Å². The van der Waals surface area contributed by atoms with E-state index in [0.717, 1.165) is 22.2 Å². The van der Waals surface area contributed by atoms with E-state index >= 15 is 0 Å². The minimum atomic E-state index is -0.0515. The maximum Gasteiger partial charge on any atom is 0.187 e. The summed E-state index contributed by atoms with van der Waals surface area (Å²) >= 11 is 5.94. The van der Waals surface area contributed by atoms with Gasteiger partial charge >= 0.3 is 0 Å². The highest BCUT2D eigenvalue weighted by Crippen LogP contribution is 2.23. The molecule has 0 aliphatic heterocycles. The predicted octanol–water partition coefficient (Wildman–Crippen LogP) is 4.73. The van der Waals surface area contributed by atoms with Crippen LogP contribution in [-0.4, -0.2) is 17.9 Å². The molecule has 0 spiro atoms. The highest BCUT2D eigenvalue weighted by atomic mass is 35.5. The fraction of sp³-hybridized carbons (Fsp3) is 0.0556. The van der Waals surface area contributed by atoms with Crippen molar-refractivity contribution in [1.29, 1.82) is 0 Å². The van der Waals surface area contributed by atoms with Gasteiger partial charge in [-0.15, -0.1) is 0 Å². The molecule has 1 N–H and O–H groups in total. The number of benzene rings is 2. The third kappa shape index (κ3) is 2.90. The molecule has 22 heavy (non-hydrogen) atoms. The molecule has 3 aromatic rings. The second-order valence-corrected chi connectivity index (χ2v) is 5.30. The molecule has 1 heterocycles. The van der Waals surface area contributed by atoms with E-state index in [1.54, 1.807) is 37.6 Å². The third-order valence-corrected chi connectivity index (χ3v) is 3.69. The first-order valence-electron chi connectivity index (χ1n) is 6.80. The van der Waals surface area contributed by atoms with Crippen LogP contribution in [0.15, 0.2) is 54.7 Å². The lowest BCUT2D eigenvalue weighted by molar-refractivity contribution is 0.104. The molecule has 0 atom stereocenters. The van der Waals surface area contributed by atoms with E-state index < -0.39 is 0 Å². The molecule has 0 unspecified atom stereocenters. The molecule has 0 bridgehead atoms. The van der Waals surface area contributed by atoms with Gasteiger partial charge in [-0.2, -0.15) is 0 Å². The van der Waals surface area contributed by atoms with Gasteiger partial charge in [0.15, 0.2) is 5.78 Å². The summed E-state index contributed by atoms with van der Waals surface area (Å²) < 4.78 is 5.11. The maximum absolute atomic E-state index is 12.3. The average Bonchev–Trinajstić information content (AvgIpc) is 2.96. The Morgan fingerprint density at radius 3 is 2.68 bits per heavy atom. The van der Waals surface area contributed by atoms with Crippen molar-refractivity contribution >= 4 is 34.4 Å². The number of nitrogens with one attached hydrogen (secondary N) is 1. The number of halogens is 1. The Hall–Kier alpha value is -2.52. The number of ketones is 1. The molecule has 0 aliphatic carbocycles. The Morgan fingerprint density at radius 1 is 1.18 bits per heavy atom. The topological polar surface area (TPSA) is 42.1 Å². The largest absolute Gasteiger partial charge is 0.497 e. The van der Waals surface area contributed by atoms with Gasteiger partial charge in [-0.1, -0.05) is 35.9 Å². The lowest BCUT2D eigenvalue weighted by Crippen LogP contribution is -1.92. The molecule has 0 radical (unpaired) electrons. The SMILES string of the molecule is COc1ccc(/C=C/C(=O)c2c[nH]c3cc(Cl)ccc23)cc1. The molecule has 110 valence electrons. The minimum Gasteiger partial charge on any atom is -0.497 e. The van der Waals surface area contributed by atoms with Gasteiger partial charge in [0.05, 0.1) is 7.11 Å². The molecule has 1 aromatic heterocycles. The van der Waals surface area contributed by atoms with E-state index in [1.807, 2.05) is 30.3 Å². The molecule has 2 aromatic carbocycles. The fourth-order valence-electron chi connectivity index (χ4n) is 2.28. The van der Waals surface area contributed by atoms with E-state index in [-0.39, 0.29) is 5.78 Å². The summed E-state index contributed by atoms with van der Waals surface area (Å²) in [5, 5.41) is 1.51. The Morgan fingerprint density at radius 2 is 1.95 bits per heavy atom. The van der Waals surface area contributed by atoms with Gasteiger partial charge in [0.25, 0.3) is 0 Å². The first kappa shape index (κ1) is 14.4. The number of aromatic amines is 1. The Kier molecular flexibility index (Phi) is 3.98. The van der Waals surface area contributed by atoms with Crippen LogP contribution in [0.1, 0.15) is 15.9 Å². The highest BCUT2D eigenvalue weighted by Gasteiger charge is 2.09. The summed E-state index contributed by atoms with van der Waals surface area (Å²) in [6.45, 7) is 0. The van der Waals surface area contributed by atoms with Crippen LogP contribution in [0.2, 0.25) is 5.02 Å². The summed E-state index contributed by atoms with van der Waals surface area (Å²) in [6.07, 6.45) is 5.07. The third-order valence-electron chi connectivity index (χ3n) is 3.45. The molecule has 0 amide bonds. The number of carbonyl (C=O) groups excluding carboxylic acids is 1. The van der Waals surface area contributed by atoms with Crippen LogP contribution >= 0.6 is 11.6 Å². The summed E-state index contributed by atoms with van der Waals surface area (Å²) in [6, 6.07) is 13.0. The lowest BCUT2D eigenvalue weighted by Gasteiger charge is -1.99.